The van der Waals surface area contributed by atoms with E-state index in [9.17, 15) is 13.2 Å². The molecule has 24 heavy (non-hydrogen) atoms. The molecule has 8 heteroatoms. The number of piperidine rings is 1. The van der Waals surface area contributed by atoms with E-state index >= 15 is 0 Å². The maximum atomic E-state index is 11.8. The number of carbonyl (C=O) groups is 1. The second kappa shape index (κ2) is 7.06. The number of sulfonamides is 1. The van der Waals surface area contributed by atoms with Crippen LogP contribution < -0.4 is 10.1 Å². The van der Waals surface area contributed by atoms with Crippen LogP contribution in [0.15, 0.2) is 18.3 Å². The molecule has 0 unspecified atom stereocenters. The van der Waals surface area contributed by atoms with E-state index < -0.39 is 10.0 Å². The Morgan fingerprint density at radius 1 is 1.29 bits per heavy atom. The molecule has 1 saturated heterocycles. The molecular formula is C16H23N3O4S. The summed E-state index contributed by atoms with van der Waals surface area (Å²) in [6, 6.07) is 3.51. The van der Waals surface area contributed by atoms with Crippen molar-refractivity contribution in [2.75, 3.05) is 24.2 Å². The molecule has 1 aromatic rings. The normalized spacial score (nSPS) is 19.9. The number of nitrogens with one attached hydrogen (secondary N) is 1. The molecule has 0 spiro atoms. The highest BCUT2D eigenvalue weighted by molar-refractivity contribution is 7.89. The third-order valence-electron chi connectivity index (χ3n) is 4.40. The van der Waals surface area contributed by atoms with Gasteiger partial charge in [-0.2, -0.15) is 0 Å². The fourth-order valence-corrected chi connectivity index (χ4v) is 3.83. The van der Waals surface area contributed by atoms with Crippen molar-refractivity contribution in [3.63, 3.8) is 0 Å². The van der Waals surface area contributed by atoms with Gasteiger partial charge in [0.15, 0.2) is 0 Å². The van der Waals surface area contributed by atoms with E-state index in [2.05, 4.69) is 10.3 Å². The first-order valence-electron chi connectivity index (χ1n) is 8.39. The van der Waals surface area contributed by atoms with Gasteiger partial charge in [-0.05, 0) is 38.7 Å². The third kappa shape index (κ3) is 4.24. The molecule has 132 valence electrons. The van der Waals surface area contributed by atoms with Crippen LogP contribution in [0, 0.1) is 5.92 Å². The van der Waals surface area contributed by atoms with Gasteiger partial charge < -0.3 is 10.1 Å². The number of ether oxygens (including phenoxy) is 1. The summed E-state index contributed by atoms with van der Waals surface area (Å²) < 4.78 is 31.0. The lowest BCUT2D eigenvalue weighted by molar-refractivity contribution is -0.117. The van der Waals surface area contributed by atoms with E-state index in [0.29, 0.717) is 37.5 Å². The highest BCUT2D eigenvalue weighted by atomic mass is 32.2. The molecule has 7 nitrogen and oxygen atoms in total. The molecule has 1 aromatic heterocycles. The van der Waals surface area contributed by atoms with Crippen LogP contribution in [0.3, 0.4) is 0 Å². The molecule has 3 rings (SSSR count). The average Bonchev–Trinajstić information content (AvgIpc) is 3.42. The van der Waals surface area contributed by atoms with Crippen molar-refractivity contribution < 1.29 is 17.9 Å². The van der Waals surface area contributed by atoms with Crippen molar-refractivity contribution >= 4 is 21.6 Å². The van der Waals surface area contributed by atoms with E-state index in [4.69, 9.17) is 4.74 Å². The van der Waals surface area contributed by atoms with Crippen LogP contribution in [0.4, 0.5) is 5.69 Å². The minimum Gasteiger partial charge on any atom is -0.474 e. The Balaban J connectivity index is 1.49. The summed E-state index contributed by atoms with van der Waals surface area (Å²) in [5.41, 5.74) is 0.670. The quantitative estimate of drug-likeness (QED) is 0.839. The highest BCUT2D eigenvalue weighted by Crippen LogP contribution is 2.30. The highest BCUT2D eigenvalue weighted by Gasteiger charge is 2.30. The number of amides is 1. The number of anilines is 1. The number of aromatic nitrogens is 1. The monoisotopic (exact) mass is 353 g/mol. The van der Waals surface area contributed by atoms with Crippen molar-refractivity contribution in [2.45, 2.75) is 38.7 Å². The van der Waals surface area contributed by atoms with E-state index in [1.807, 2.05) is 0 Å². The molecule has 2 heterocycles. The SMILES string of the molecule is CCS(=O)(=O)N1CCC(Oc2ccc(NC(=O)C3CC3)cn2)CC1. The second-order valence-electron chi connectivity index (χ2n) is 6.27. The topological polar surface area (TPSA) is 88.6 Å². The van der Waals surface area contributed by atoms with Crippen molar-refractivity contribution in [1.29, 1.82) is 0 Å². The molecule has 2 aliphatic rings. The van der Waals surface area contributed by atoms with Gasteiger partial charge in [-0.15, -0.1) is 0 Å². The lowest BCUT2D eigenvalue weighted by atomic mass is 10.1. The third-order valence-corrected chi connectivity index (χ3v) is 6.28. The number of nitrogens with zero attached hydrogens (tertiary/aromatic N) is 2. The number of hydrogen-bond donors (Lipinski definition) is 1. The average molecular weight is 353 g/mol. The lowest BCUT2D eigenvalue weighted by Gasteiger charge is -2.30. The Kier molecular flexibility index (Phi) is 5.05. The van der Waals surface area contributed by atoms with Crippen LogP contribution in [-0.2, 0) is 14.8 Å². The number of pyridine rings is 1. The maximum absolute atomic E-state index is 11.8. The smallest absolute Gasteiger partial charge is 0.227 e. The first-order valence-corrected chi connectivity index (χ1v) is 10.0. The summed E-state index contributed by atoms with van der Waals surface area (Å²) in [7, 11) is -3.11. The fourth-order valence-electron chi connectivity index (χ4n) is 2.70. The predicted octanol–water partition coefficient (Wildman–Crippen LogP) is 1.62. The van der Waals surface area contributed by atoms with Gasteiger partial charge in [-0.25, -0.2) is 17.7 Å². The summed E-state index contributed by atoms with van der Waals surface area (Å²) >= 11 is 0. The van der Waals surface area contributed by atoms with Crippen molar-refractivity contribution in [2.24, 2.45) is 5.92 Å². The molecule has 1 aliphatic carbocycles. The van der Waals surface area contributed by atoms with Gasteiger partial charge in [0, 0.05) is 25.1 Å². The molecule has 2 fully saturated rings. The van der Waals surface area contributed by atoms with E-state index in [0.717, 1.165) is 12.8 Å². The van der Waals surface area contributed by atoms with E-state index in [1.165, 1.54) is 4.31 Å². The number of carbonyl (C=O) groups excluding carboxylic acids is 1. The first-order chi connectivity index (χ1) is 11.5. The Bertz CT molecular complexity index is 678. The molecule has 0 radical (unpaired) electrons. The van der Waals surface area contributed by atoms with Crippen LogP contribution in [-0.4, -0.2) is 48.6 Å². The molecule has 1 aliphatic heterocycles. The molecule has 1 saturated carbocycles. The first kappa shape index (κ1) is 17.2. The standard InChI is InChI=1S/C16H23N3O4S/c1-2-24(21,22)19-9-7-14(8-10-19)23-15-6-5-13(11-17-15)18-16(20)12-3-4-12/h5-6,11-12,14H,2-4,7-10H2,1H3,(H,18,20). The zero-order valence-electron chi connectivity index (χ0n) is 13.8. The molecule has 0 atom stereocenters. The Labute approximate surface area is 142 Å². The van der Waals surface area contributed by atoms with Gasteiger partial charge in [0.25, 0.3) is 0 Å². The van der Waals surface area contributed by atoms with Gasteiger partial charge >= 0.3 is 0 Å². The predicted molar refractivity (Wildman–Crippen MR) is 90.3 cm³/mol. The number of rotatable bonds is 6. The molecule has 0 bridgehead atoms. The van der Waals surface area contributed by atoms with Gasteiger partial charge in [0.1, 0.15) is 6.10 Å². The number of hydrogen-bond acceptors (Lipinski definition) is 5. The molecular weight excluding hydrogens is 330 g/mol. The van der Waals surface area contributed by atoms with Crippen LogP contribution >= 0.6 is 0 Å². The van der Waals surface area contributed by atoms with Gasteiger partial charge in [-0.1, -0.05) is 0 Å². The summed E-state index contributed by atoms with van der Waals surface area (Å²) in [6.07, 6.45) is 4.79. The van der Waals surface area contributed by atoms with E-state index in [1.54, 1.807) is 25.3 Å². The fraction of sp³-hybridized carbons (Fsp3) is 0.625. The van der Waals surface area contributed by atoms with Gasteiger partial charge in [-0.3, -0.25) is 4.79 Å². The zero-order chi connectivity index (χ0) is 17.2. The molecule has 1 N–H and O–H groups in total. The Hall–Kier alpha value is -1.67. The van der Waals surface area contributed by atoms with Crippen LogP contribution in [0.2, 0.25) is 0 Å². The van der Waals surface area contributed by atoms with Crippen molar-refractivity contribution in [3.05, 3.63) is 18.3 Å². The zero-order valence-corrected chi connectivity index (χ0v) is 14.6. The van der Waals surface area contributed by atoms with Gasteiger partial charge in [0.05, 0.1) is 17.6 Å². The largest absolute Gasteiger partial charge is 0.474 e. The lowest BCUT2D eigenvalue weighted by Crippen LogP contribution is -2.42. The molecule has 0 aromatic carbocycles. The van der Waals surface area contributed by atoms with Crippen LogP contribution in [0.5, 0.6) is 5.88 Å². The summed E-state index contributed by atoms with van der Waals surface area (Å²) in [4.78, 5) is 15.9. The minimum absolute atomic E-state index is 0.0345. The van der Waals surface area contributed by atoms with Crippen molar-refractivity contribution in [3.8, 4) is 5.88 Å². The maximum Gasteiger partial charge on any atom is 0.227 e. The Morgan fingerprint density at radius 2 is 2.00 bits per heavy atom. The van der Waals surface area contributed by atoms with E-state index in [-0.39, 0.29) is 23.7 Å². The second-order valence-corrected chi connectivity index (χ2v) is 8.52. The Morgan fingerprint density at radius 3 is 2.54 bits per heavy atom. The summed E-state index contributed by atoms with van der Waals surface area (Å²) in [5, 5.41) is 2.83. The van der Waals surface area contributed by atoms with Gasteiger partial charge in [0.2, 0.25) is 21.8 Å². The van der Waals surface area contributed by atoms with Crippen molar-refractivity contribution in [1.82, 2.24) is 9.29 Å². The van der Waals surface area contributed by atoms with Crippen LogP contribution in [0.1, 0.15) is 32.6 Å². The summed E-state index contributed by atoms with van der Waals surface area (Å²) in [5.74, 6) is 0.838. The van der Waals surface area contributed by atoms with Crippen LogP contribution in [0.25, 0.3) is 0 Å². The molecule has 1 amide bonds. The summed E-state index contributed by atoms with van der Waals surface area (Å²) in [6.45, 7) is 2.62. The minimum atomic E-state index is -3.11.